The van der Waals surface area contributed by atoms with Crippen molar-refractivity contribution in [1.29, 1.82) is 0 Å². The first-order chi connectivity index (χ1) is 8.97. The van der Waals surface area contributed by atoms with Crippen molar-refractivity contribution in [1.82, 2.24) is 0 Å². The van der Waals surface area contributed by atoms with Crippen molar-refractivity contribution in [3.8, 4) is 11.5 Å². The number of carbonyl (C=O) groups is 1. The van der Waals surface area contributed by atoms with Gasteiger partial charge in [0, 0.05) is 11.6 Å². The van der Waals surface area contributed by atoms with E-state index in [0.29, 0.717) is 26.6 Å². The molecule has 0 fully saturated rings. The van der Waals surface area contributed by atoms with Crippen LogP contribution in [-0.2, 0) is 0 Å². The Bertz CT molecular complexity index is 643. The van der Waals surface area contributed by atoms with Crippen molar-refractivity contribution < 1.29 is 13.9 Å². The molecule has 0 radical (unpaired) electrons. The zero-order valence-corrected chi connectivity index (χ0v) is 12.3. The fourth-order valence-corrected chi connectivity index (χ4v) is 2.18. The number of benzene rings is 2. The highest BCUT2D eigenvalue weighted by atomic mass is 79.9. The van der Waals surface area contributed by atoms with Crippen molar-refractivity contribution in [2.45, 2.75) is 6.92 Å². The second-order valence-corrected chi connectivity index (χ2v) is 5.14. The quantitative estimate of drug-likeness (QED) is 0.713. The van der Waals surface area contributed by atoms with E-state index in [1.54, 1.807) is 18.2 Å². The predicted molar refractivity (Wildman–Crippen MR) is 75.6 cm³/mol. The molecule has 2 aromatic carbocycles. The Labute approximate surface area is 123 Å². The van der Waals surface area contributed by atoms with Crippen LogP contribution in [0, 0.1) is 5.82 Å². The lowest BCUT2D eigenvalue weighted by Gasteiger charge is -2.08. The molecule has 0 spiro atoms. The van der Waals surface area contributed by atoms with Crippen molar-refractivity contribution in [3.63, 3.8) is 0 Å². The summed E-state index contributed by atoms with van der Waals surface area (Å²) in [6.07, 6.45) is 0. The van der Waals surface area contributed by atoms with Crippen LogP contribution in [0.25, 0.3) is 0 Å². The van der Waals surface area contributed by atoms with Gasteiger partial charge in [-0.25, -0.2) is 4.39 Å². The van der Waals surface area contributed by atoms with Crippen LogP contribution in [0.4, 0.5) is 4.39 Å². The van der Waals surface area contributed by atoms with Gasteiger partial charge in [-0.05, 0) is 53.2 Å². The van der Waals surface area contributed by atoms with Gasteiger partial charge in [-0.2, -0.15) is 0 Å². The summed E-state index contributed by atoms with van der Waals surface area (Å²) < 4.78 is 18.9. The molecule has 2 rings (SSSR count). The standard InChI is InChI=1S/C14H9BrClFO2/c1-8(18)11-4-2-10(7-13(11)16)19-9-3-5-14(17)12(15)6-9/h2-7H,1H3. The maximum absolute atomic E-state index is 13.1. The molecule has 19 heavy (non-hydrogen) atoms. The molecule has 0 unspecified atom stereocenters. The van der Waals surface area contributed by atoms with Crippen LogP contribution < -0.4 is 4.74 Å². The van der Waals surface area contributed by atoms with E-state index < -0.39 is 0 Å². The molecule has 2 aromatic rings. The number of ketones is 1. The van der Waals surface area contributed by atoms with E-state index in [1.807, 2.05) is 0 Å². The van der Waals surface area contributed by atoms with Gasteiger partial charge in [-0.15, -0.1) is 0 Å². The SMILES string of the molecule is CC(=O)c1ccc(Oc2ccc(F)c(Br)c2)cc1Cl. The second kappa shape index (κ2) is 5.72. The number of ether oxygens (including phenoxy) is 1. The van der Waals surface area contributed by atoms with Crippen molar-refractivity contribution in [2.75, 3.05) is 0 Å². The lowest BCUT2D eigenvalue weighted by molar-refractivity contribution is 0.101. The minimum Gasteiger partial charge on any atom is -0.457 e. The summed E-state index contributed by atoms with van der Waals surface area (Å²) in [5, 5.41) is 0.325. The second-order valence-electron chi connectivity index (χ2n) is 3.88. The molecular weight excluding hydrogens is 335 g/mol. The van der Waals surface area contributed by atoms with Gasteiger partial charge in [0.25, 0.3) is 0 Å². The van der Waals surface area contributed by atoms with Crippen LogP contribution >= 0.6 is 27.5 Å². The normalized spacial score (nSPS) is 10.3. The third-order valence-corrected chi connectivity index (χ3v) is 3.37. The highest BCUT2D eigenvalue weighted by Crippen LogP contribution is 2.29. The lowest BCUT2D eigenvalue weighted by Crippen LogP contribution is -1.94. The summed E-state index contributed by atoms with van der Waals surface area (Å²) in [7, 11) is 0. The summed E-state index contributed by atoms with van der Waals surface area (Å²) in [5.74, 6) is 0.479. The molecule has 0 atom stereocenters. The molecule has 5 heteroatoms. The van der Waals surface area contributed by atoms with Crippen molar-refractivity contribution in [3.05, 3.63) is 57.3 Å². The Morgan fingerprint density at radius 3 is 2.42 bits per heavy atom. The van der Waals surface area contributed by atoms with Gasteiger partial charge in [0.05, 0.1) is 9.50 Å². The van der Waals surface area contributed by atoms with Crippen LogP contribution in [0.1, 0.15) is 17.3 Å². The molecule has 0 saturated heterocycles. The first kappa shape index (κ1) is 14.0. The molecule has 0 heterocycles. The maximum Gasteiger partial charge on any atom is 0.161 e. The fraction of sp³-hybridized carbons (Fsp3) is 0.0714. The van der Waals surface area contributed by atoms with E-state index in [0.717, 1.165) is 0 Å². The number of hydrogen-bond acceptors (Lipinski definition) is 2. The Morgan fingerprint density at radius 1 is 1.21 bits per heavy atom. The van der Waals surface area contributed by atoms with Crippen LogP contribution in [-0.4, -0.2) is 5.78 Å². The van der Waals surface area contributed by atoms with Gasteiger partial charge in [0.1, 0.15) is 17.3 Å². The van der Waals surface area contributed by atoms with Gasteiger partial charge < -0.3 is 4.74 Å². The molecule has 0 aliphatic rings. The molecule has 98 valence electrons. The topological polar surface area (TPSA) is 26.3 Å². The number of Topliss-reactive ketones (excluding diaryl/α,β-unsaturated/α-hetero) is 1. The van der Waals surface area contributed by atoms with E-state index in [1.165, 1.54) is 25.1 Å². The summed E-state index contributed by atoms with van der Waals surface area (Å²) in [6, 6.07) is 9.11. The third-order valence-electron chi connectivity index (χ3n) is 2.45. The number of rotatable bonds is 3. The molecule has 0 aliphatic carbocycles. The van der Waals surface area contributed by atoms with Gasteiger partial charge in [-0.1, -0.05) is 11.6 Å². The smallest absolute Gasteiger partial charge is 0.161 e. The molecule has 0 aliphatic heterocycles. The molecular formula is C14H9BrClFO2. The molecule has 0 aromatic heterocycles. The summed E-state index contributed by atoms with van der Waals surface area (Å²) in [4.78, 5) is 11.2. The van der Waals surface area contributed by atoms with E-state index in [9.17, 15) is 9.18 Å². The first-order valence-electron chi connectivity index (χ1n) is 5.41. The first-order valence-corrected chi connectivity index (χ1v) is 6.58. The zero-order valence-electron chi connectivity index (χ0n) is 9.91. The molecule has 2 nitrogen and oxygen atoms in total. The molecule has 0 N–H and O–H groups in total. The minimum absolute atomic E-state index is 0.110. The summed E-state index contributed by atoms with van der Waals surface area (Å²) in [5.41, 5.74) is 0.439. The van der Waals surface area contributed by atoms with E-state index in [4.69, 9.17) is 16.3 Å². The highest BCUT2D eigenvalue weighted by molar-refractivity contribution is 9.10. The van der Waals surface area contributed by atoms with Gasteiger partial charge in [0.2, 0.25) is 0 Å². The van der Waals surface area contributed by atoms with Crippen LogP contribution in [0.3, 0.4) is 0 Å². The Hall–Kier alpha value is -1.39. The Kier molecular flexibility index (Phi) is 4.22. The average Bonchev–Trinajstić information content (AvgIpc) is 2.33. The van der Waals surface area contributed by atoms with Crippen LogP contribution in [0.2, 0.25) is 5.02 Å². The van der Waals surface area contributed by atoms with E-state index in [-0.39, 0.29) is 11.6 Å². The average molecular weight is 344 g/mol. The highest BCUT2D eigenvalue weighted by Gasteiger charge is 2.08. The third kappa shape index (κ3) is 3.33. The number of carbonyl (C=O) groups excluding carboxylic acids is 1. The van der Waals surface area contributed by atoms with Gasteiger partial charge in [0.15, 0.2) is 5.78 Å². The fourth-order valence-electron chi connectivity index (χ4n) is 1.52. The number of halogens is 3. The lowest BCUT2D eigenvalue weighted by atomic mass is 10.1. The molecule has 0 amide bonds. The van der Waals surface area contributed by atoms with Crippen molar-refractivity contribution >= 4 is 33.3 Å². The summed E-state index contributed by atoms with van der Waals surface area (Å²) >= 11 is 9.06. The van der Waals surface area contributed by atoms with E-state index >= 15 is 0 Å². The van der Waals surface area contributed by atoms with Gasteiger partial charge >= 0.3 is 0 Å². The monoisotopic (exact) mass is 342 g/mol. The van der Waals surface area contributed by atoms with E-state index in [2.05, 4.69) is 15.9 Å². The predicted octanol–water partition coefficient (Wildman–Crippen LogP) is 5.24. The van der Waals surface area contributed by atoms with Gasteiger partial charge in [-0.3, -0.25) is 4.79 Å². The number of hydrogen-bond donors (Lipinski definition) is 0. The Balaban J connectivity index is 2.26. The van der Waals surface area contributed by atoms with Crippen molar-refractivity contribution in [2.24, 2.45) is 0 Å². The largest absolute Gasteiger partial charge is 0.457 e. The Morgan fingerprint density at radius 2 is 1.84 bits per heavy atom. The molecule has 0 bridgehead atoms. The maximum atomic E-state index is 13.1. The van der Waals surface area contributed by atoms with Crippen LogP contribution in [0.5, 0.6) is 11.5 Å². The minimum atomic E-state index is -0.364. The summed E-state index contributed by atoms with van der Waals surface area (Å²) in [6.45, 7) is 1.44. The van der Waals surface area contributed by atoms with Crippen LogP contribution in [0.15, 0.2) is 40.9 Å². The zero-order chi connectivity index (χ0) is 14.0. The molecule has 0 saturated carbocycles.